The number of para-hydroxylation sites is 1. The SMILES string of the molecule is CCCC(C)(N)C(=O)Nc1ccccc1S(C)(=O)=O. The summed E-state index contributed by atoms with van der Waals surface area (Å²) in [4.78, 5) is 12.2. The summed E-state index contributed by atoms with van der Waals surface area (Å²) in [6.45, 7) is 3.57. The number of carbonyl (C=O) groups excluding carboxylic acids is 1. The van der Waals surface area contributed by atoms with E-state index < -0.39 is 15.4 Å². The molecule has 106 valence electrons. The summed E-state index contributed by atoms with van der Waals surface area (Å²) in [5.74, 6) is -0.384. The molecule has 1 rings (SSSR count). The molecular formula is C13H20N2O3S. The van der Waals surface area contributed by atoms with Gasteiger partial charge in [-0.15, -0.1) is 0 Å². The molecule has 6 heteroatoms. The van der Waals surface area contributed by atoms with Gasteiger partial charge in [0.05, 0.1) is 16.1 Å². The Kier molecular flexibility index (Phi) is 4.70. The van der Waals surface area contributed by atoms with Crippen molar-refractivity contribution >= 4 is 21.4 Å². The second-order valence-corrected chi connectivity index (χ2v) is 6.87. The molecule has 1 unspecified atom stereocenters. The van der Waals surface area contributed by atoms with E-state index in [0.29, 0.717) is 6.42 Å². The predicted octanol–water partition coefficient (Wildman–Crippen LogP) is 1.55. The minimum atomic E-state index is -3.39. The number of carbonyl (C=O) groups is 1. The first-order valence-corrected chi connectivity index (χ1v) is 7.97. The molecule has 0 saturated carbocycles. The lowest BCUT2D eigenvalue weighted by atomic mass is 9.96. The van der Waals surface area contributed by atoms with Gasteiger partial charge in [0.2, 0.25) is 5.91 Å². The van der Waals surface area contributed by atoms with Crippen molar-refractivity contribution < 1.29 is 13.2 Å². The van der Waals surface area contributed by atoms with Gasteiger partial charge in [0.1, 0.15) is 0 Å². The van der Waals surface area contributed by atoms with Gasteiger partial charge >= 0.3 is 0 Å². The van der Waals surface area contributed by atoms with Crippen LogP contribution in [0.25, 0.3) is 0 Å². The lowest BCUT2D eigenvalue weighted by Gasteiger charge is -2.23. The molecule has 0 aliphatic heterocycles. The van der Waals surface area contributed by atoms with E-state index in [1.807, 2.05) is 6.92 Å². The Morgan fingerprint density at radius 1 is 1.37 bits per heavy atom. The normalized spacial score (nSPS) is 14.7. The van der Waals surface area contributed by atoms with Crippen LogP contribution in [0.3, 0.4) is 0 Å². The Labute approximate surface area is 114 Å². The van der Waals surface area contributed by atoms with Crippen LogP contribution >= 0.6 is 0 Å². The van der Waals surface area contributed by atoms with E-state index in [1.165, 1.54) is 6.07 Å². The summed E-state index contributed by atoms with van der Waals surface area (Å²) in [7, 11) is -3.39. The number of hydrogen-bond acceptors (Lipinski definition) is 4. The van der Waals surface area contributed by atoms with Crippen molar-refractivity contribution in [3.63, 3.8) is 0 Å². The Morgan fingerprint density at radius 3 is 2.47 bits per heavy atom. The standard InChI is InChI=1S/C13H20N2O3S/c1-4-9-13(2,14)12(16)15-10-7-5-6-8-11(10)19(3,17)18/h5-8H,4,9,14H2,1-3H3,(H,15,16). The van der Waals surface area contributed by atoms with E-state index in [2.05, 4.69) is 5.32 Å². The van der Waals surface area contributed by atoms with E-state index in [4.69, 9.17) is 5.73 Å². The number of nitrogens with two attached hydrogens (primary N) is 1. The summed E-state index contributed by atoms with van der Waals surface area (Å²) in [5, 5.41) is 2.60. The van der Waals surface area contributed by atoms with Crippen molar-refractivity contribution in [2.45, 2.75) is 37.1 Å². The third-order valence-corrected chi connectivity index (χ3v) is 3.98. The maximum absolute atomic E-state index is 12.1. The quantitative estimate of drug-likeness (QED) is 0.858. The van der Waals surface area contributed by atoms with Gasteiger partial charge < -0.3 is 11.1 Å². The maximum Gasteiger partial charge on any atom is 0.244 e. The van der Waals surface area contributed by atoms with Crippen LogP contribution < -0.4 is 11.1 Å². The smallest absolute Gasteiger partial charge is 0.244 e. The second-order valence-electron chi connectivity index (χ2n) is 4.89. The first-order valence-electron chi connectivity index (χ1n) is 6.08. The van der Waals surface area contributed by atoms with Crippen molar-refractivity contribution in [1.29, 1.82) is 0 Å². The van der Waals surface area contributed by atoms with Crippen LogP contribution in [0.5, 0.6) is 0 Å². The fraction of sp³-hybridized carbons (Fsp3) is 0.462. The largest absolute Gasteiger partial charge is 0.323 e. The van der Waals surface area contributed by atoms with Gasteiger partial charge in [0, 0.05) is 6.26 Å². The molecule has 0 aromatic heterocycles. The van der Waals surface area contributed by atoms with Gasteiger partial charge in [-0.1, -0.05) is 25.5 Å². The van der Waals surface area contributed by atoms with Crippen LogP contribution in [0, 0.1) is 0 Å². The molecule has 0 heterocycles. The molecule has 0 aliphatic carbocycles. The number of benzene rings is 1. The van der Waals surface area contributed by atoms with Gasteiger partial charge in [-0.2, -0.15) is 0 Å². The van der Waals surface area contributed by atoms with E-state index in [1.54, 1.807) is 25.1 Å². The number of nitrogens with one attached hydrogen (secondary N) is 1. The Morgan fingerprint density at radius 2 is 1.95 bits per heavy atom. The van der Waals surface area contributed by atoms with E-state index in [-0.39, 0.29) is 16.5 Å². The van der Waals surface area contributed by atoms with Crippen LogP contribution in [0.2, 0.25) is 0 Å². The average molecular weight is 284 g/mol. The van der Waals surface area contributed by atoms with Crippen molar-refractivity contribution in [3.05, 3.63) is 24.3 Å². The number of sulfone groups is 1. The fourth-order valence-corrected chi connectivity index (χ4v) is 2.64. The molecule has 5 nitrogen and oxygen atoms in total. The number of amides is 1. The highest BCUT2D eigenvalue weighted by molar-refractivity contribution is 7.90. The summed E-state index contributed by atoms with van der Waals surface area (Å²) < 4.78 is 23.3. The molecule has 1 amide bonds. The average Bonchev–Trinajstić information content (AvgIpc) is 2.28. The van der Waals surface area contributed by atoms with E-state index in [9.17, 15) is 13.2 Å². The highest BCUT2D eigenvalue weighted by Crippen LogP contribution is 2.22. The Hall–Kier alpha value is -1.40. The third-order valence-electron chi connectivity index (χ3n) is 2.82. The zero-order chi connectivity index (χ0) is 14.7. The zero-order valence-corrected chi connectivity index (χ0v) is 12.3. The first kappa shape index (κ1) is 15.7. The topological polar surface area (TPSA) is 89.3 Å². The highest BCUT2D eigenvalue weighted by atomic mass is 32.2. The van der Waals surface area contributed by atoms with Crippen LogP contribution in [0.4, 0.5) is 5.69 Å². The van der Waals surface area contributed by atoms with Crippen molar-refractivity contribution in [1.82, 2.24) is 0 Å². The Balaban J connectivity index is 3.05. The molecule has 0 aliphatic rings. The lowest BCUT2D eigenvalue weighted by Crippen LogP contribution is -2.48. The molecule has 0 saturated heterocycles. The van der Waals surface area contributed by atoms with Gasteiger partial charge in [-0.25, -0.2) is 8.42 Å². The molecule has 0 fully saturated rings. The third kappa shape index (κ3) is 4.04. The molecule has 0 spiro atoms. The first-order chi connectivity index (χ1) is 8.68. The van der Waals surface area contributed by atoms with Crippen molar-refractivity contribution in [2.75, 3.05) is 11.6 Å². The lowest BCUT2D eigenvalue weighted by molar-refractivity contribution is -0.120. The van der Waals surface area contributed by atoms with Crippen LogP contribution in [0.1, 0.15) is 26.7 Å². The van der Waals surface area contributed by atoms with Crippen molar-refractivity contribution in [2.24, 2.45) is 5.73 Å². The number of anilines is 1. The van der Waals surface area contributed by atoms with Gasteiger partial charge in [-0.3, -0.25) is 4.79 Å². The van der Waals surface area contributed by atoms with Gasteiger partial charge in [-0.05, 0) is 25.5 Å². The summed E-state index contributed by atoms with van der Waals surface area (Å²) in [6.07, 6.45) is 2.40. The predicted molar refractivity (Wildman–Crippen MR) is 75.7 cm³/mol. The fourth-order valence-electron chi connectivity index (χ4n) is 1.79. The summed E-state index contributed by atoms with van der Waals surface area (Å²) in [6, 6.07) is 6.28. The maximum atomic E-state index is 12.1. The van der Waals surface area contributed by atoms with Crippen LogP contribution in [0.15, 0.2) is 29.2 Å². The molecule has 0 radical (unpaired) electrons. The molecule has 1 atom stereocenters. The minimum Gasteiger partial charge on any atom is -0.323 e. The zero-order valence-electron chi connectivity index (χ0n) is 11.4. The van der Waals surface area contributed by atoms with Gasteiger partial charge in [0.25, 0.3) is 0 Å². The number of rotatable bonds is 5. The highest BCUT2D eigenvalue weighted by Gasteiger charge is 2.28. The van der Waals surface area contributed by atoms with Crippen LogP contribution in [-0.2, 0) is 14.6 Å². The van der Waals surface area contributed by atoms with Gasteiger partial charge in [0.15, 0.2) is 9.84 Å². The molecular weight excluding hydrogens is 264 g/mol. The van der Waals surface area contributed by atoms with E-state index >= 15 is 0 Å². The molecule has 3 N–H and O–H groups in total. The monoisotopic (exact) mass is 284 g/mol. The Bertz CT molecular complexity index is 565. The summed E-state index contributed by atoms with van der Waals surface area (Å²) >= 11 is 0. The molecule has 1 aromatic rings. The second kappa shape index (κ2) is 5.71. The molecule has 19 heavy (non-hydrogen) atoms. The molecule has 0 bridgehead atoms. The van der Waals surface area contributed by atoms with E-state index in [0.717, 1.165) is 12.7 Å². The summed E-state index contributed by atoms with van der Waals surface area (Å²) in [5.41, 5.74) is 5.17. The van der Waals surface area contributed by atoms with Crippen LogP contribution in [-0.4, -0.2) is 26.1 Å². The molecule has 1 aromatic carbocycles. The number of hydrogen-bond donors (Lipinski definition) is 2. The van der Waals surface area contributed by atoms with Crippen molar-refractivity contribution in [3.8, 4) is 0 Å². The minimum absolute atomic E-state index is 0.0932.